The van der Waals surface area contributed by atoms with Crippen LogP contribution in [0.4, 0.5) is 17.1 Å². The third kappa shape index (κ3) is 4.74. The fourth-order valence-corrected chi connectivity index (χ4v) is 2.50. The lowest BCUT2D eigenvalue weighted by Gasteiger charge is -2.08. The summed E-state index contributed by atoms with van der Waals surface area (Å²) in [6.45, 7) is -0.255. The average molecular weight is 399 g/mol. The zero-order chi connectivity index (χ0) is 21.0. The van der Waals surface area contributed by atoms with Crippen LogP contribution in [-0.4, -0.2) is 43.4 Å². The van der Waals surface area contributed by atoms with Crippen LogP contribution in [0.25, 0.3) is 0 Å². The van der Waals surface area contributed by atoms with E-state index < -0.39 is 10.8 Å². The number of benzene rings is 1. The first-order chi connectivity index (χ1) is 13.9. The molecule has 12 heteroatoms. The molecule has 150 valence electrons. The van der Waals surface area contributed by atoms with Crippen molar-refractivity contribution in [3.8, 4) is 5.88 Å². The molecule has 1 aromatic carbocycles. The van der Waals surface area contributed by atoms with Gasteiger partial charge >= 0.3 is 11.6 Å². The van der Waals surface area contributed by atoms with Gasteiger partial charge < -0.3 is 15.4 Å². The summed E-state index contributed by atoms with van der Waals surface area (Å²) in [6.07, 6.45) is 2.77. The highest BCUT2D eigenvalue weighted by atomic mass is 16.6. The van der Waals surface area contributed by atoms with E-state index in [1.807, 2.05) is 0 Å². The Morgan fingerprint density at radius 3 is 2.52 bits per heavy atom. The van der Waals surface area contributed by atoms with Gasteiger partial charge in [0.2, 0.25) is 5.91 Å². The number of anilines is 2. The second-order valence-corrected chi connectivity index (χ2v) is 5.94. The molecule has 0 aliphatic carbocycles. The number of aryl methyl sites for hydroxylation is 1. The molecule has 2 amide bonds. The van der Waals surface area contributed by atoms with Crippen LogP contribution in [0.15, 0.2) is 42.7 Å². The minimum Gasteiger partial charge on any atom is -0.475 e. The van der Waals surface area contributed by atoms with Crippen LogP contribution in [0.5, 0.6) is 5.88 Å². The molecule has 0 fully saturated rings. The molecule has 0 saturated heterocycles. The van der Waals surface area contributed by atoms with Crippen molar-refractivity contribution in [1.29, 1.82) is 0 Å². The van der Waals surface area contributed by atoms with Gasteiger partial charge in [0, 0.05) is 24.6 Å². The number of rotatable bonds is 7. The van der Waals surface area contributed by atoms with Crippen LogP contribution < -0.4 is 15.4 Å². The second kappa shape index (κ2) is 8.21. The summed E-state index contributed by atoms with van der Waals surface area (Å²) in [5.41, 5.74) is 0.827. The quantitative estimate of drug-likeness (QED) is 0.451. The Morgan fingerprint density at radius 1 is 1.21 bits per heavy atom. The number of carbonyl (C=O) groups is 2. The van der Waals surface area contributed by atoms with Crippen molar-refractivity contribution in [3.63, 3.8) is 0 Å². The molecule has 2 aromatic heterocycles. The van der Waals surface area contributed by atoms with Crippen molar-refractivity contribution in [2.75, 3.05) is 17.7 Å². The van der Waals surface area contributed by atoms with Crippen LogP contribution in [0.1, 0.15) is 10.5 Å². The molecule has 12 nitrogen and oxygen atoms in total. The number of aromatic nitrogens is 4. The maximum Gasteiger partial charge on any atom is 0.350 e. The summed E-state index contributed by atoms with van der Waals surface area (Å²) in [5, 5.41) is 24.1. The van der Waals surface area contributed by atoms with E-state index in [1.54, 1.807) is 43.6 Å². The van der Waals surface area contributed by atoms with Crippen molar-refractivity contribution in [2.45, 2.75) is 6.54 Å². The van der Waals surface area contributed by atoms with Crippen molar-refractivity contribution < 1.29 is 19.2 Å². The van der Waals surface area contributed by atoms with Gasteiger partial charge in [0.05, 0.1) is 12.0 Å². The third-order valence-electron chi connectivity index (χ3n) is 3.76. The Bertz CT molecular complexity index is 1070. The minimum atomic E-state index is -0.645. The first-order valence-corrected chi connectivity index (χ1v) is 8.32. The van der Waals surface area contributed by atoms with Crippen LogP contribution in [0, 0.1) is 10.1 Å². The summed E-state index contributed by atoms with van der Waals surface area (Å²) in [6, 6.07) is 8.12. The second-order valence-electron chi connectivity index (χ2n) is 5.94. The zero-order valence-electron chi connectivity index (χ0n) is 15.5. The number of ether oxygens (including phenoxy) is 1. The topological polar surface area (TPSA) is 146 Å². The molecule has 0 unspecified atom stereocenters. The number of methoxy groups -OCH3 is 1. The minimum absolute atomic E-state index is 0.179. The highest BCUT2D eigenvalue weighted by Crippen LogP contribution is 2.24. The Kier molecular flexibility index (Phi) is 5.53. The van der Waals surface area contributed by atoms with Crippen LogP contribution in [0.2, 0.25) is 0 Å². The molecular formula is C17H17N7O5. The van der Waals surface area contributed by atoms with Gasteiger partial charge in [-0.2, -0.15) is 5.10 Å². The number of amides is 2. The van der Waals surface area contributed by atoms with Gasteiger partial charge in [-0.15, -0.1) is 5.10 Å². The van der Waals surface area contributed by atoms with Gasteiger partial charge in [0.25, 0.3) is 5.91 Å². The van der Waals surface area contributed by atoms with Crippen molar-refractivity contribution in [3.05, 3.63) is 58.5 Å². The SMILES string of the molecule is COc1nn(CC(=O)Nc2cccc(NC(=O)c3ccn(C)n3)c2)cc1[N+](=O)[O-]. The maximum absolute atomic E-state index is 12.2. The molecule has 0 aliphatic heterocycles. The predicted octanol–water partition coefficient (Wildman–Crippen LogP) is 1.42. The van der Waals surface area contributed by atoms with Gasteiger partial charge in [-0.1, -0.05) is 6.07 Å². The number of hydrogen-bond donors (Lipinski definition) is 2. The summed E-state index contributed by atoms with van der Waals surface area (Å²) in [4.78, 5) is 34.7. The van der Waals surface area contributed by atoms with Gasteiger partial charge in [-0.05, 0) is 24.3 Å². The molecule has 0 bridgehead atoms. The lowest BCUT2D eigenvalue weighted by atomic mass is 10.2. The van der Waals surface area contributed by atoms with E-state index >= 15 is 0 Å². The fraction of sp³-hybridized carbons (Fsp3) is 0.176. The van der Waals surface area contributed by atoms with E-state index in [4.69, 9.17) is 4.74 Å². The molecule has 0 radical (unpaired) electrons. The summed E-state index contributed by atoms with van der Waals surface area (Å²) in [5.74, 6) is -1.02. The lowest BCUT2D eigenvalue weighted by molar-refractivity contribution is -0.385. The van der Waals surface area contributed by atoms with Crippen LogP contribution >= 0.6 is 0 Å². The Balaban J connectivity index is 1.64. The van der Waals surface area contributed by atoms with E-state index in [-0.39, 0.29) is 29.7 Å². The number of hydrogen-bond acceptors (Lipinski definition) is 7. The van der Waals surface area contributed by atoms with Gasteiger partial charge in [0.15, 0.2) is 5.69 Å². The fourth-order valence-electron chi connectivity index (χ4n) is 2.50. The lowest BCUT2D eigenvalue weighted by Crippen LogP contribution is -2.19. The van der Waals surface area contributed by atoms with Crippen LogP contribution in [-0.2, 0) is 18.4 Å². The van der Waals surface area contributed by atoms with Gasteiger partial charge in [0.1, 0.15) is 12.7 Å². The molecule has 0 spiro atoms. The highest BCUT2D eigenvalue weighted by Gasteiger charge is 2.21. The highest BCUT2D eigenvalue weighted by molar-refractivity contribution is 6.03. The van der Waals surface area contributed by atoms with E-state index in [9.17, 15) is 19.7 Å². The van der Waals surface area contributed by atoms with Gasteiger partial charge in [-0.3, -0.25) is 29.1 Å². The zero-order valence-corrected chi connectivity index (χ0v) is 15.5. The van der Waals surface area contributed by atoms with Crippen molar-refractivity contribution in [2.24, 2.45) is 7.05 Å². The normalized spacial score (nSPS) is 10.4. The molecule has 2 heterocycles. The average Bonchev–Trinajstić information content (AvgIpc) is 3.28. The predicted molar refractivity (Wildman–Crippen MR) is 102 cm³/mol. The van der Waals surface area contributed by atoms with Crippen molar-refractivity contribution in [1.82, 2.24) is 19.6 Å². The number of nitro groups is 1. The van der Waals surface area contributed by atoms with E-state index in [0.29, 0.717) is 11.4 Å². The Labute approximate surface area is 164 Å². The van der Waals surface area contributed by atoms with Crippen LogP contribution in [0.3, 0.4) is 0 Å². The molecular weight excluding hydrogens is 382 g/mol. The molecule has 3 aromatic rings. The smallest absolute Gasteiger partial charge is 0.350 e. The first kappa shape index (κ1) is 19.5. The van der Waals surface area contributed by atoms with E-state index in [1.165, 1.54) is 11.8 Å². The molecule has 0 aliphatic rings. The monoisotopic (exact) mass is 399 g/mol. The van der Waals surface area contributed by atoms with E-state index in [0.717, 1.165) is 10.9 Å². The largest absolute Gasteiger partial charge is 0.475 e. The molecule has 2 N–H and O–H groups in total. The Morgan fingerprint density at radius 2 is 1.93 bits per heavy atom. The number of nitrogens with zero attached hydrogens (tertiary/aromatic N) is 5. The molecule has 3 rings (SSSR count). The number of nitrogens with one attached hydrogen (secondary N) is 2. The van der Waals surface area contributed by atoms with E-state index in [2.05, 4.69) is 20.8 Å². The molecule has 29 heavy (non-hydrogen) atoms. The summed E-state index contributed by atoms with van der Waals surface area (Å²) < 4.78 is 7.45. The number of carbonyl (C=O) groups excluding carboxylic acids is 2. The van der Waals surface area contributed by atoms with Gasteiger partial charge in [-0.25, -0.2) is 0 Å². The standard InChI is InChI=1S/C17H17N7O5/c1-22-7-6-13(20-22)16(26)19-12-5-3-4-11(8-12)18-15(25)10-23-9-14(24(27)28)17(21-23)29-2/h3-9H,10H2,1-2H3,(H,18,25)(H,19,26). The van der Waals surface area contributed by atoms with Crippen molar-refractivity contribution >= 4 is 28.9 Å². The summed E-state index contributed by atoms with van der Waals surface area (Å²) >= 11 is 0. The molecule has 0 saturated carbocycles. The third-order valence-corrected chi connectivity index (χ3v) is 3.76. The maximum atomic E-state index is 12.2. The first-order valence-electron chi connectivity index (χ1n) is 8.32. The Hall–Kier alpha value is -4.22. The molecule has 0 atom stereocenters. The summed E-state index contributed by atoms with van der Waals surface area (Å²) in [7, 11) is 2.96.